The molecule has 4 aliphatic rings. The van der Waals surface area contributed by atoms with Gasteiger partial charge in [0, 0.05) is 24.2 Å². The Kier molecular flexibility index (Phi) is 4.16. The van der Waals surface area contributed by atoms with Crippen molar-refractivity contribution in [3.63, 3.8) is 0 Å². The van der Waals surface area contributed by atoms with Crippen molar-refractivity contribution in [3.05, 3.63) is 0 Å². The van der Waals surface area contributed by atoms with E-state index in [0.717, 1.165) is 25.2 Å². The second-order valence-corrected chi connectivity index (χ2v) is 8.19. The Morgan fingerprint density at radius 2 is 1.73 bits per heavy atom. The van der Waals surface area contributed by atoms with Crippen LogP contribution < -0.4 is 10.6 Å². The molecule has 4 rings (SSSR count). The molecule has 0 aromatic carbocycles. The number of hydrogen-bond donors (Lipinski definition) is 2. The number of hydrogen-bond acceptors (Lipinski definition) is 3. The van der Waals surface area contributed by atoms with Gasteiger partial charge in [-0.25, -0.2) is 0 Å². The lowest BCUT2D eigenvalue weighted by Crippen LogP contribution is -2.57. The average Bonchev–Trinajstić information content (AvgIpc) is 2.92. The standard InChI is InChI=1S/C18H31N3O/c1-21-14-6-4-7-15(21)11-13(10-14)19-18(22)17-9-12-5-2-3-8-16(12)20-17/h12-17,20H,2-11H2,1H3,(H,19,22). The third-order valence-electron chi connectivity index (χ3n) is 6.87. The summed E-state index contributed by atoms with van der Waals surface area (Å²) < 4.78 is 0. The molecule has 1 saturated carbocycles. The number of nitrogens with zero attached hydrogens (tertiary/aromatic N) is 1. The largest absolute Gasteiger partial charge is 0.352 e. The van der Waals surface area contributed by atoms with Crippen molar-refractivity contribution in [1.82, 2.24) is 15.5 Å². The zero-order chi connectivity index (χ0) is 15.1. The second kappa shape index (κ2) is 6.12. The first-order valence-electron chi connectivity index (χ1n) is 9.49. The lowest BCUT2D eigenvalue weighted by Gasteiger charge is -2.47. The number of nitrogens with one attached hydrogen (secondary N) is 2. The van der Waals surface area contributed by atoms with Crippen molar-refractivity contribution < 1.29 is 4.79 Å². The topological polar surface area (TPSA) is 44.4 Å². The molecule has 4 nitrogen and oxygen atoms in total. The van der Waals surface area contributed by atoms with Crippen molar-refractivity contribution in [2.24, 2.45) is 5.92 Å². The number of amides is 1. The molecular weight excluding hydrogens is 274 g/mol. The summed E-state index contributed by atoms with van der Waals surface area (Å²) in [6, 6.07) is 2.48. The molecule has 3 heterocycles. The summed E-state index contributed by atoms with van der Waals surface area (Å²) >= 11 is 0. The molecule has 22 heavy (non-hydrogen) atoms. The van der Waals surface area contributed by atoms with Crippen LogP contribution in [0.5, 0.6) is 0 Å². The van der Waals surface area contributed by atoms with Crippen molar-refractivity contribution in [2.45, 2.75) is 94.4 Å². The molecular formula is C18H31N3O. The Bertz CT molecular complexity index is 399. The highest BCUT2D eigenvalue weighted by Gasteiger charge is 2.40. The Morgan fingerprint density at radius 1 is 1.00 bits per heavy atom. The molecule has 2 bridgehead atoms. The van der Waals surface area contributed by atoms with Gasteiger partial charge in [0.15, 0.2) is 0 Å². The van der Waals surface area contributed by atoms with Gasteiger partial charge in [-0.05, 0) is 57.9 Å². The van der Waals surface area contributed by atoms with Crippen LogP contribution >= 0.6 is 0 Å². The van der Waals surface area contributed by atoms with E-state index >= 15 is 0 Å². The van der Waals surface area contributed by atoms with Crippen molar-refractivity contribution in [1.29, 1.82) is 0 Å². The number of carbonyl (C=O) groups is 1. The maximum atomic E-state index is 12.7. The van der Waals surface area contributed by atoms with E-state index in [1.165, 1.54) is 44.9 Å². The van der Waals surface area contributed by atoms with E-state index in [9.17, 15) is 4.79 Å². The van der Waals surface area contributed by atoms with Crippen molar-refractivity contribution >= 4 is 5.91 Å². The van der Waals surface area contributed by atoms with E-state index in [1.807, 2.05) is 0 Å². The van der Waals surface area contributed by atoms with Gasteiger partial charge >= 0.3 is 0 Å². The summed E-state index contributed by atoms with van der Waals surface area (Å²) in [6.07, 6.45) is 12.6. The number of piperidine rings is 2. The predicted octanol–water partition coefficient (Wildman–Crippen LogP) is 2.04. The van der Waals surface area contributed by atoms with Crippen LogP contribution in [0.2, 0.25) is 0 Å². The Hall–Kier alpha value is -0.610. The van der Waals surface area contributed by atoms with Gasteiger partial charge in [0.05, 0.1) is 6.04 Å². The van der Waals surface area contributed by atoms with Crippen LogP contribution in [-0.4, -0.2) is 48.1 Å². The molecule has 0 spiro atoms. The van der Waals surface area contributed by atoms with Gasteiger partial charge in [-0.3, -0.25) is 4.79 Å². The minimum absolute atomic E-state index is 0.0765. The number of fused-ring (bicyclic) bond motifs is 3. The average molecular weight is 305 g/mol. The Morgan fingerprint density at radius 3 is 2.45 bits per heavy atom. The van der Waals surface area contributed by atoms with E-state index in [0.29, 0.717) is 24.2 Å². The van der Waals surface area contributed by atoms with Gasteiger partial charge in [0.1, 0.15) is 0 Å². The molecule has 2 N–H and O–H groups in total. The van der Waals surface area contributed by atoms with E-state index < -0.39 is 0 Å². The first-order valence-corrected chi connectivity index (χ1v) is 9.49. The zero-order valence-corrected chi connectivity index (χ0v) is 13.9. The lowest BCUT2D eigenvalue weighted by molar-refractivity contribution is -0.124. The molecule has 1 amide bonds. The van der Waals surface area contributed by atoms with Gasteiger partial charge in [0.25, 0.3) is 0 Å². The van der Waals surface area contributed by atoms with Crippen molar-refractivity contribution in [2.75, 3.05) is 7.05 Å². The van der Waals surface area contributed by atoms with Crippen LogP contribution in [0.25, 0.3) is 0 Å². The highest BCUT2D eigenvalue weighted by molar-refractivity contribution is 5.82. The molecule has 0 aromatic rings. The van der Waals surface area contributed by atoms with Gasteiger partial charge in [-0.1, -0.05) is 19.3 Å². The monoisotopic (exact) mass is 305 g/mol. The van der Waals surface area contributed by atoms with Crippen LogP contribution in [0.4, 0.5) is 0 Å². The predicted molar refractivity (Wildman–Crippen MR) is 87.6 cm³/mol. The minimum Gasteiger partial charge on any atom is -0.352 e. The lowest BCUT2D eigenvalue weighted by atomic mass is 9.82. The molecule has 4 fully saturated rings. The molecule has 5 atom stereocenters. The molecule has 4 heteroatoms. The molecule has 3 aliphatic heterocycles. The maximum absolute atomic E-state index is 12.7. The third-order valence-corrected chi connectivity index (χ3v) is 6.87. The first kappa shape index (κ1) is 14.9. The highest BCUT2D eigenvalue weighted by Crippen LogP contribution is 2.35. The van der Waals surface area contributed by atoms with Crippen LogP contribution in [0, 0.1) is 5.92 Å². The second-order valence-electron chi connectivity index (χ2n) is 8.19. The fraction of sp³-hybridized carbons (Fsp3) is 0.944. The third kappa shape index (κ3) is 2.80. The van der Waals surface area contributed by atoms with E-state index in [1.54, 1.807) is 0 Å². The van der Waals surface area contributed by atoms with Gasteiger partial charge in [-0.15, -0.1) is 0 Å². The SMILES string of the molecule is CN1C2CCCC1CC(NC(=O)C1CC3CCCCC3N1)C2. The van der Waals surface area contributed by atoms with E-state index in [4.69, 9.17) is 0 Å². The van der Waals surface area contributed by atoms with Crippen LogP contribution in [0.3, 0.4) is 0 Å². The van der Waals surface area contributed by atoms with Crippen LogP contribution in [0.1, 0.15) is 64.2 Å². The number of carbonyl (C=O) groups excluding carboxylic acids is 1. The maximum Gasteiger partial charge on any atom is 0.237 e. The summed E-state index contributed by atoms with van der Waals surface area (Å²) in [6.45, 7) is 0. The molecule has 124 valence electrons. The quantitative estimate of drug-likeness (QED) is 0.820. The van der Waals surface area contributed by atoms with E-state index in [2.05, 4.69) is 22.6 Å². The summed E-state index contributed by atoms with van der Waals surface area (Å²) in [5.41, 5.74) is 0. The van der Waals surface area contributed by atoms with Gasteiger partial charge in [0.2, 0.25) is 5.91 Å². The summed E-state index contributed by atoms with van der Waals surface area (Å²) in [5, 5.41) is 7.01. The van der Waals surface area contributed by atoms with Crippen LogP contribution in [0.15, 0.2) is 0 Å². The summed E-state index contributed by atoms with van der Waals surface area (Å²) in [4.78, 5) is 15.2. The molecule has 3 saturated heterocycles. The first-order chi connectivity index (χ1) is 10.7. The Labute approximate surface area is 134 Å². The fourth-order valence-electron chi connectivity index (χ4n) is 5.56. The number of rotatable bonds is 2. The van der Waals surface area contributed by atoms with Gasteiger partial charge < -0.3 is 15.5 Å². The zero-order valence-electron chi connectivity index (χ0n) is 13.9. The minimum atomic E-state index is 0.0765. The smallest absolute Gasteiger partial charge is 0.237 e. The normalized spacial score (nSPS) is 45.3. The summed E-state index contributed by atoms with van der Waals surface area (Å²) in [7, 11) is 2.27. The molecule has 0 aromatic heterocycles. The molecule has 5 unspecified atom stereocenters. The van der Waals surface area contributed by atoms with Crippen molar-refractivity contribution in [3.8, 4) is 0 Å². The highest BCUT2D eigenvalue weighted by atomic mass is 16.2. The fourth-order valence-corrected chi connectivity index (χ4v) is 5.56. The van der Waals surface area contributed by atoms with Gasteiger partial charge in [-0.2, -0.15) is 0 Å². The van der Waals surface area contributed by atoms with E-state index in [-0.39, 0.29) is 11.9 Å². The van der Waals surface area contributed by atoms with Crippen LogP contribution in [-0.2, 0) is 4.79 Å². The molecule has 1 aliphatic carbocycles. The Balaban J connectivity index is 1.33. The molecule has 0 radical (unpaired) electrons. The summed E-state index contributed by atoms with van der Waals surface area (Å²) in [5.74, 6) is 1.03.